The van der Waals surface area contributed by atoms with Gasteiger partial charge >= 0.3 is 0 Å². The van der Waals surface area contributed by atoms with Crippen molar-refractivity contribution < 1.29 is 9.21 Å². The van der Waals surface area contributed by atoms with Crippen molar-refractivity contribution in [2.24, 2.45) is 0 Å². The van der Waals surface area contributed by atoms with E-state index in [2.05, 4.69) is 27.3 Å². The number of hydrogen-bond donors (Lipinski definition) is 1. The van der Waals surface area contributed by atoms with Gasteiger partial charge < -0.3 is 9.73 Å². The summed E-state index contributed by atoms with van der Waals surface area (Å²) in [4.78, 5) is 14.8. The molecule has 6 nitrogen and oxygen atoms in total. The number of carbonyl (C=O) groups excluding carboxylic acids is 1. The Hall–Kier alpha value is -2.21. The molecular formula is C22H32N4O2. The fourth-order valence-electron chi connectivity index (χ4n) is 3.65. The number of unbranched alkanes of at least 4 members (excludes halogenated alkanes) is 1. The van der Waals surface area contributed by atoms with Crippen LogP contribution in [0.1, 0.15) is 56.9 Å². The molecule has 1 aliphatic heterocycles. The lowest BCUT2D eigenvalue weighted by Crippen LogP contribution is -2.47. The molecule has 1 fully saturated rings. The quantitative estimate of drug-likeness (QED) is 0.713. The zero-order valence-corrected chi connectivity index (χ0v) is 17.1. The molecule has 1 saturated heterocycles. The zero-order chi connectivity index (χ0) is 19.8. The third-order valence-electron chi connectivity index (χ3n) is 5.41. The van der Waals surface area contributed by atoms with E-state index in [0.717, 1.165) is 25.2 Å². The fraction of sp³-hybridized carbons (Fsp3) is 0.591. The minimum absolute atomic E-state index is 0.0519. The second-order valence-corrected chi connectivity index (χ2v) is 7.71. The molecule has 0 saturated carbocycles. The third-order valence-corrected chi connectivity index (χ3v) is 5.41. The molecular weight excluding hydrogens is 352 g/mol. The van der Waals surface area contributed by atoms with Crippen LogP contribution in [0.2, 0.25) is 0 Å². The highest BCUT2D eigenvalue weighted by Crippen LogP contribution is 2.19. The van der Waals surface area contributed by atoms with E-state index in [1.165, 1.54) is 37.7 Å². The van der Waals surface area contributed by atoms with Crippen LogP contribution >= 0.6 is 0 Å². The van der Waals surface area contributed by atoms with E-state index in [-0.39, 0.29) is 5.91 Å². The van der Waals surface area contributed by atoms with Crippen LogP contribution in [0.4, 0.5) is 0 Å². The molecule has 1 atom stereocenters. The lowest BCUT2D eigenvalue weighted by Gasteiger charge is -2.35. The van der Waals surface area contributed by atoms with Crippen LogP contribution in [0.5, 0.6) is 0 Å². The van der Waals surface area contributed by atoms with Gasteiger partial charge in [-0.15, -0.1) is 10.2 Å². The van der Waals surface area contributed by atoms with E-state index in [1.54, 1.807) is 0 Å². The molecule has 1 aromatic heterocycles. The molecule has 0 radical (unpaired) electrons. The van der Waals surface area contributed by atoms with E-state index >= 15 is 0 Å². The molecule has 2 aromatic rings. The monoisotopic (exact) mass is 384 g/mol. The Morgan fingerprint density at radius 1 is 1.25 bits per heavy atom. The predicted octanol–water partition coefficient (Wildman–Crippen LogP) is 3.75. The molecule has 0 bridgehead atoms. The number of piperidine rings is 1. The van der Waals surface area contributed by atoms with Crippen molar-refractivity contribution in [1.29, 1.82) is 0 Å². The highest BCUT2D eigenvalue weighted by Gasteiger charge is 2.22. The maximum absolute atomic E-state index is 12.3. The molecule has 1 N–H and O–H groups in total. The summed E-state index contributed by atoms with van der Waals surface area (Å²) < 4.78 is 5.71. The second kappa shape index (κ2) is 10.4. The van der Waals surface area contributed by atoms with Crippen molar-refractivity contribution in [2.75, 3.05) is 19.6 Å². The maximum Gasteiger partial charge on any atom is 0.247 e. The Labute approximate surface area is 167 Å². The summed E-state index contributed by atoms with van der Waals surface area (Å²) in [5, 5.41) is 11.3. The number of hydrogen-bond acceptors (Lipinski definition) is 5. The molecule has 0 aliphatic carbocycles. The molecule has 1 aromatic carbocycles. The Bertz CT molecular complexity index is 741. The highest BCUT2D eigenvalue weighted by molar-refractivity contribution is 5.76. The van der Waals surface area contributed by atoms with Gasteiger partial charge in [0.1, 0.15) is 0 Å². The van der Waals surface area contributed by atoms with E-state index in [0.29, 0.717) is 30.7 Å². The van der Waals surface area contributed by atoms with Gasteiger partial charge in [0.15, 0.2) is 0 Å². The number of carbonyl (C=O) groups is 1. The number of aromatic nitrogens is 2. The standard InChI is InChI=1S/C22H32N4O2/c1-3-4-14-26-15-6-5-7-19(26)16-23-20(27)12-13-21-24-25-22(28-21)18-10-8-17(2)9-11-18/h8-11,19H,3-7,12-16H2,1-2H3,(H,23,27). The molecule has 2 heterocycles. The van der Waals surface area contributed by atoms with Gasteiger partial charge in [-0.2, -0.15) is 0 Å². The summed E-state index contributed by atoms with van der Waals surface area (Å²) in [6, 6.07) is 8.44. The van der Waals surface area contributed by atoms with Crippen molar-refractivity contribution >= 4 is 5.91 Å². The average Bonchev–Trinajstić information content (AvgIpc) is 3.19. The van der Waals surface area contributed by atoms with E-state index in [1.807, 2.05) is 31.2 Å². The maximum atomic E-state index is 12.3. The normalized spacial score (nSPS) is 17.6. The third kappa shape index (κ3) is 5.89. The largest absolute Gasteiger partial charge is 0.421 e. The van der Waals surface area contributed by atoms with Crippen LogP contribution in [-0.2, 0) is 11.2 Å². The van der Waals surface area contributed by atoms with Crippen LogP contribution in [0.3, 0.4) is 0 Å². The fourth-order valence-corrected chi connectivity index (χ4v) is 3.65. The molecule has 6 heteroatoms. The van der Waals surface area contributed by atoms with Crippen LogP contribution in [0.25, 0.3) is 11.5 Å². The summed E-state index contributed by atoms with van der Waals surface area (Å²) in [7, 11) is 0. The molecule has 152 valence electrons. The van der Waals surface area contributed by atoms with Crippen molar-refractivity contribution in [1.82, 2.24) is 20.4 Å². The molecule has 0 spiro atoms. The lowest BCUT2D eigenvalue weighted by molar-refractivity contribution is -0.121. The number of amides is 1. The van der Waals surface area contributed by atoms with Gasteiger partial charge in [-0.25, -0.2) is 0 Å². The Kier molecular flexibility index (Phi) is 7.60. The summed E-state index contributed by atoms with van der Waals surface area (Å²) in [5.41, 5.74) is 2.09. The first-order valence-electron chi connectivity index (χ1n) is 10.6. The van der Waals surface area contributed by atoms with Gasteiger partial charge in [0.2, 0.25) is 17.7 Å². The molecule has 3 rings (SSSR count). The molecule has 1 amide bonds. The molecule has 1 unspecified atom stereocenters. The molecule has 28 heavy (non-hydrogen) atoms. The SMILES string of the molecule is CCCCN1CCCCC1CNC(=O)CCc1nnc(-c2ccc(C)cc2)o1. The summed E-state index contributed by atoms with van der Waals surface area (Å²) in [6.45, 7) is 7.30. The number of benzene rings is 1. The van der Waals surface area contributed by atoms with Crippen molar-refractivity contribution in [3.8, 4) is 11.5 Å². The minimum atomic E-state index is 0.0519. The Morgan fingerprint density at radius 3 is 2.86 bits per heavy atom. The van der Waals surface area contributed by atoms with Gasteiger partial charge in [-0.05, 0) is 51.4 Å². The summed E-state index contributed by atoms with van der Waals surface area (Å²) in [5.74, 6) is 1.06. The van der Waals surface area contributed by atoms with Crippen LogP contribution in [-0.4, -0.2) is 46.7 Å². The van der Waals surface area contributed by atoms with Gasteiger partial charge in [-0.3, -0.25) is 9.69 Å². The lowest BCUT2D eigenvalue weighted by atomic mass is 10.0. The van der Waals surface area contributed by atoms with Crippen molar-refractivity contribution in [3.05, 3.63) is 35.7 Å². The van der Waals surface area contributed by atoms with Crippen LogP contribution < -0.4 is 5.32 Å². The molecule has 1 aliphatic rings. The van der Waals surface area contributed by atoms with E-state index in [9.17, 15) is 4.79 Å². The first-order valence-corrected chi connectivity index (χ1v) is 10.6. The van der Waals surface area contributed by atoms with Crippen LogP contribution in [0.15, 0.2) is 28.7 Å². The van der Waals surface area contributed by atoms with Gasteiger partial charge in [0.05, 0.1) is 0 Å². The predicted molar refractivity (Wildman–Crippen MR) is 110 cm³/mol. The van der Waals surface area contributed by atoms with Gasteiger partial charge in [-0.1, -0.05) is 37.5 Å². The number of nitrogens with one attached hydrogen (secondary N) is 1. The van der Waals surface area contributed by atoms with Crippen molar-refractivity contribution in [3.63, 3.8) is 0 Å². The summed E-state index contributed by atoms with van der Waals surface area (Å²) in [6.07, 6.45) is 6.98. The average molecular weight is 385 g/mol. The van der Waals surface area contributed by atoms with Crippen LogP contribution in [0, 0.1) is 6.92 Å². The van der Waals surface area contributed by atoms with Gasteiger partial charge in [0, 0.05) is 31.0 Å². The number of aryl methyl sites for hydroxylation is 2. The second-order valence-electron chi connectivity index (χ2n) is 7.71. The number of rotatable bonds is 9. The van der Waals surface area contributed by atoms with Crippen molar-refractivity contribution in [2.45, 2.75) is 64.8 Å². The van der Waals surface area contributed by atoms with E-state index < -0.39 is 0 Å². The first kappa shape index (κ1) is 20.5. The summed E-state index contributed by atoms with van der Waals surface area (Å²) >= 11 is 0. The Morgan fingerprint density at radius 2 is 2.07 bits per heavy atom. The number of likely N-dealkylation sites (tertiary alicyclic amines) is 1. The van der Waals surface area contributed by atoms with Gasteiger partial charge in [0.25, 0.3) is 0 Å². The zero-order valence-electron chi connectivity index (χ0n) is 17.1. The topological polar surface area (TPSA) is 71.3 Å². The highest BCUT2D eigenvalue weighted by atomic mass is 16.4. The first-order chi connectivity index (χ1) is 13.7. The number of nitrogens with zero attached hydrogens (tertiary/aromatic N) is 3. The minimum Gasteiger partial charge on any atom is -0.421 e. The Balaban J connectivity index is 1.43. The smallest absolute Gasteiger partial charge is 0.247 e. The van der Waals surface area contributed by atoms with E-state index in [4.69, 9.17) is 4.42 Å².